The number of hydrogen-bond donors (Lipinski definition) is 2. The van der Waals surface area contributed by atoms with Crippen molar-refractivity contribution in [2.45, 2.75) is 13.8 Å². The van der Waals surface area contributed by atoms with E-state index in [1.54, 1.807) is 12.2 Å². The number of anilines is 2. The van der Waals surface area contributed by atoms with Crippen molar-refractivity contribution in [2.24, 2.45) is 0 Å². The fourth-order valence-electron chi connectivity index (χ4n) is 2.37. The molecular weight excluding hydrogens is 368 g/mol. The molecule has 2 amide bonds. The Morgan fingerprint density at radius 1 is 0.724 bits per heavy atom. The Balaban J connectivity index is 1.58. The average Bonchev–Trinajstić information content (AvgIpc) is 3.13. The van der Waals surface area contributed by atoms with Gasteiger partial charge in [-0.15, -0.1) is 0 Å². The normalized spacial score (nSPS) is 11.1. The van der Waals surface area contributed by atoms with Crippen LogP contribution in [0.3, 0.4) is 0 Å². The molecule has 29 heavy (non-hydrogen) atoms. The molecule has 0 spiro atoms. The summed E-state index contributed by atoms with van der Waals surface area (Å²) in [6.07, 6.45) is 6.07. The van der Waals surface area contributed by atoms with Crippen LogP contribution in [0.25, 0.3) is 12.2 Å². The van der Waals surface area contributed by atoms with E-state index in [9.17, 15) is 9.59 Å². The summed E-state index contributed by atoms with van der Waals surface area (Å²) in [6, 6.07) is 15.4. The van der Waals surface area contributed by atoms with Gasteiger partial charge in [-0.2, -0.15) is 0 Å². The van der Waals surface area contributed by atoms with E-state index in [-0.39, 0.29) is 11.6 Å². The first kappa shape index (κ1) is 19.8. The van der Waals surface area contributed by atoms with Crippen molar-refractivity contribution in [1.82, 2.24) is 10.3 Å². The molecule has 7 nitrogen and oxygen atoms in total. The van der Waals surface area contributed by atoms with Gasteiger partial charge in [0.15, 0.2) is 0 Å². The molecule has 2 aromatic carbocycles. The molecule has 0 atom stereocenters. The van der Waals surface area contributed by atoms with Gasteiger partial charge in [-0.25, -0.2) is 4.63 Å². The standard InChI is InChI=1S/C22H20N4O3/c1-15-3-7-17(8-4-15)11-13-19(27)23-21-22(26-29-25-21)24-20(28)14-12-18-9-5-16(2)6-10-18/h3-14H,1-2H3,(H,23,25,27)(H,24,26,28). The zero-order chi connectivity index (χ0) is 20.6. The second-order valence-electron chi connectivity index (χ2n) is 6.43. The number of carbonyl (C=O) groups is 2. The highest BCUT2D eigenvalue weighted by Crippen LogP contribution is 2.16. The number of hydrogen-bond acceptors (Lipinski definition) is 5. The van der Waals surface area contributed by atoms with Crippen LogP contribution in [0.15, 0.2) is 65.3 Å². The summed E-state index contributed by atoms with van der Waals surface area (Å²) in [5, 5.41) is 12.3. The van der Waals surface area contributed by atoms with Gasteiger partial charge >= 0.3 is 0 Å². The van der Waals surface area contributed by atoms with Gasteiger partial charge in [-0.1, -0.05) is 59.7 Å². The van der Waals surface area contributed by atoms with E-state index >= 15 is 0 Å². The molecule has 0 saturated heterocycles. The van der Waals surface area contributed by atoms with Gasteiger partial charge in [0, 0.05) is 12.2 Å². The summed E-state index contributed by atoms with van der Waals surface area (Å²) in [5.74, 6) is -0.791. The van der Waals surface area contributed by atoms with Crippen LogP contribution in [-0.4, -0.2) is 22.1 Å². The molecule has 0 fully saturated rings. The molecule has 2 N–H and O–H groups in total. The lowest BCUT2D eigenvalue weighted by molar-refractivity contribution is -0.112. The monoisotopic (exact) mass is 388 g/mol. The van der Waals surface area contributed by atoms with Crippen LogP contribution in [-0.2, 0) is 9.59 Å². The van der Waals surface area contributed by atoms with Crippen LogP contribution in [0.2, 0.25) is 0 Å². The van der Waals surface area contributed by atoms with E-state index in [4.69, 9.17) is 0 Å². The topological polar surface area (TPSA) is 97.1 Å². The number of carbonyl (C=O) groups excluding carboxylic acids is 2. The molecule has 146 valence electrons. The minimum atomic E-state index is -0.424. The van der Waals surface area contributed by atoms with E-state index in [0.717, 1.165) is 22.3 Å². The highest BCUT2D eigenvalue weighted by atomic mass is 16.6. The van der Waals surface area contributed by atoms with Crippen LogP contribution >= 0.6 is 0 Å². The number of aromatic nitrogens is 2. The highest BCUT2D eigenvalue weighted by Gasteiger charge is 2.13. The molecule has 1 aromatic heterocycles. The predicted molar refractivity (Wildman–Crippen MR) is 112 cm³/mol. The average molecular weight is 388 g/mol. The van der Waals surface area contributed by atoms with Crippen molar-refractivity contribution in [3.63, 3.8) is 0 Å². The van der Waals surface area contributed by atoms with E-state index in [1.165, 1.54) is 12.2 Å². The molecule has 0 aliphatic carbocycles. The molecule has 0 bridgehead atoms. The Kier molecular flexibility index (Phi) is 6.32. The Morgan fingerprint density at radius 2 is 1.10 bits per heavy atom. The van der Waals surface area contributed by atoms with Crippen molar-refractivity contribution in [3.05, 3.63) is 82.9 Å². The third-order valence-electron chi connectivity index (χ3n) is 3.98. The molecule has 0 aliphatic rings. The number of aryl methyl sites for hydroxylation is 2. The summed E-state index contributed by atoms with van der Waals surface area (Å²) < 4.78 is 4.62. The predicted octanol–water partition coefficient (Wildman–Crippen LogP) is 3.99. The first-order valence-electron chi connectivity index (χ1n) is 8.93. The smallest absolute Gasteiger partial charge is 0.249 e. The second-order valence-corrected chi connectivity index (χ2v) is 6.43. The number of nitrogens with zero attached hydrogens (tertiary/aromatic N) is 2. The lowest BCUT2D eigenvalue weighted by atomic mass is 10.1. The molecule has 7 heteroatoms. The van der Waals surface area contributed by atoms with Gasteiger partial charge < -0.3 is 10.6 Å². The van der Waals surface area contributed by atoms with Gasteiger partial charge in [-0.05, 0) is 47.4 Å². The van der Waals surface area contributed by atoms with Crippen molar-refractivity contribution < 1.29 is 14.2 Å². The minimum Gasteiger partial charge on any atom is -0.301 e. The van der Waals surface area contributed by atoms with Gasteiger partial charge in [0.05, 0.1) is 0 Å². The maximum atomic E-state index is 12.1. The Bertz CT molecular complexity index is 964. The number of rotatable bonds is 6. The van der Waals surface area contributed by atoms with Crippen molar-refractivity contribution in [2.75, 3.05) is 10.6 Å². The minimum absolute atomic E-state index is 0.0284. The molecule has 3 aromatic rings. The quantitative estimate of drug-likeness (QED) is 0.622. The molecule has 0 radical (unpaired) electrons. The van der Waals surface area contributed by atoms with E-state index < -0.39 is 11.8 Å². The number of amides is 2. The van der Waals surface area contributed by atoms with E-state index in [0.29, 0.717) is 0 Å². The lowest BCUT2D eigenvalue weighted by Gasteiger charge is -2.01. The van der Waals surface area contributed by atoms with Crippen molar-refractivity contribution in [3.8, 4) is 0 Å². The van der Waals surface area contributed by atoms with Gasteiger partial charge in [-0.3, -0.25) is 9.59 Å². The van der Waals surface area contributed by atoms with E-state index in [1.807, 2.05) is 62.4 Å². The molecule has 0 saturated carbocycles. The molecule has 0 aliphatic heterocycles. The second kappa shape index (κ2) is 9.27. The zero-order valence-electron chi connectivity index (χ0n) is 16.0. The molecule has 3 rings (SSSR count). The zero-order valence-corrected chi connectivity index (χ0v) is 16.0. The van der Waals surface area contributed by atoms with Crippen LogP contribution in [0, 0.1) is 13.8 Å². The highest BCUT2D eigenvalue weighted by molar-refractivity contribution is 6.06. The van der Waals surface area contributed by atoms with Crippen LogP contribution in [0.4, 0.5) is 11.6 Å². The van der Waals surface area contributed by atoms with Crippen molar-refractivity contribution in [1.29, 1.82) is 0 Å². The maximum Gasteiger partial charge on any atom is 0.249 e. The lowest BCUT2D eigenvalue weighted by Crippen LogP contribution is -2.13. The Labute approximate surface area is 168 Å². The molecule has 1 heterocycles. The van der Waals surface area contributed by atoms with Gasteiger partial charge in [0.1, 0.15) is 0 Å². The summed E-state index contributed by atoms with van der Waals surface area (Å²) in [4.78, 5) is 24.2. The number of benzene rings is 2. The fraction of sp³-hybridized carbons (Fsp3) is 0.0909. The summed E-state index contributed by atoms with van der Waals surface area (Å²) in [7, 11) is 0. The maximum absolute atomic E-state index is 12.1. The Hall–Kier alpha value is -4.00. The third kappa shape index (κ3) is 6.00. The molecular formula is C22H20N4O3. The third-order valence-corrected chi connectivity index (χ3v) is 3.98. The summed E-state index contributed by atoms with van der Waals surface area (Å²) in [6.45, 7) is 3.98. The van der Waals surface area contributed by atoms with E-state index in [2.05, 4.69) is 25.6 Å². The fourth-order valence-corrected chi connectivity index (χ4v) is 2.37. The summed E-state index contributed by atoms with van der Waals surface area (Å²) in [5.41, 5.74) is 4.05. The van der Waals surface area contributed by atoms with Gasteiger partial charge in [0.2, 0.25) is 23.5 Å². The van der Waals surface area contributed by atoms with Crippen LogP contribution in [0.5, 0.6) is 0 Å². The first-order chi connectivity index (χ1) is 14.0. The first-order valence-corrected chi connectivity index (χ1v) is 8.93. The SMILES string of the molecule is Cc1ccc(C=CC(=O)Nc2nonc2NC(=O)C=Cc2ccc(C)cc2)cc1. The van der Waals surface area contributed by atoms with Crippen LogP contribution < -0.4 is 10.6 Å². The summed E-state index contributed by atoms with van der Waals surface area (Å²) >= 11 is 0. The number of nitrogens with one attached hydrogen (secondary N) is 2. The Morgan fingerprint density at radius 3 is 1.48 bits per heavy atom. The van der Waals surface area contributed by atoms with Gasteiger partial charge in [0.25, 0.3) is 0 Å². The van der Waals surface area contributed by atoms with Crippen molar-refractivity contribution >= 4 is 35.6 Å². The molecule has 0 unspecified atom stereocenters. The largest absolute Gasteiger partial charge is 0.301 e. The van der Waals surface area contributed by atoms with Crippen LogP contribution in [0.1, 0.15) is 22.3 Å².